The number of hydrazine groups is 1. The number of amides is 2. The van der Waals surface area contributed by atoms with Crippen LogP contribution in [-0.2, 0) is 4.79 Å². The minimum absolute atomic E-state index is 0.185. The Bertz CT molecular complexity index is 671. The highest BCUT2D eigenvalue weighted by Gasteiger charge is 2.08. The van der Waals surface area contributed by atoms with Crippen molar-refractivity contribution in [2.75, 3.05) is 6.61 Å². The number of hydrogen-bond acceptors (Lipinski definition) is 3. The molecule has 0 heterocycles. The number of nitrogens with one attached hydrogen (secondary N) is 2. The van der Waals surface area contributed by atoms with Gasteiger partial charge in [0.1, 0.15) is 5.75 Å². The minimum Gasteiger partial charge on any atom is -0.484 e. The highest BCUT2D eigenvalue weighted by molar-refractivity contribution is 9.10. The molecule has 22 heavy (non-hydrogen) atoms. The minimum atomic E-state index is -0.441. The number of rotatable bonds is 4. The second kappa shape index (κ2) is 7.61. The summed E-state index contributed by atoms with van der Waals surface area (Å²) >= 11 is 3.31. The fourth-order valence-electron chi connectivity index (χ4n) is 1.70. The molecule has 0 saturated heterocycles. The summed E-state index contributed by atoms with van der Waals surface area (Å²) in [4.78, 5) is 23.5. The molecule has 0 aliphatic heterocycles. The maximum atomic E-state index is 11.8. The highest BCUT2D eigenvalue weighted by Crippen LogP contribution is 2.15. The third-order valence-corrected chi connectivity index (χ3v) is 3.31. The molecule has 0 aliphatic rings. The maximum Gasteiger partial charge on any atom is 0.276 e. The second-order valence-electron chi connectivity index (χ2n) is 4.61. The summed E-state index contributed by atoms with van der Waals surface area (Å²) in [6, 6.07) is 14.2. The zero-order valence-corrected chi connectivity index (χ0v) is 13.5. The van der Waals surface area contributed by atoms with Gasteiger partial charge in [-0.2, -0.15) is 0 Å². The van der Waals surface area contributed by atoms with Crippen LogP contribution >= 0.6 is 15.9 Å². The first-order valence-corrected chi connectivity index (χ1v) is 7.38. The summed E-state index contributed by atoms with van der Waals surface area (Å²) in [6.45, 7) is 1.71. The molecule has 2 aromatic rings. The number of aryl methyl sites for hydroxylation is 1. The van der Waals surface area contributed by atoms with Gasteiger partial charge in [-0.3, -0.25) is 20.4 Å². The summed E-state index contributed by atoms with van der Waals surface area (Å²) in [5.41, 5.74) is 6.11. The van der Waals surface area contributed by atoms with Crippen LogP contribution in [-0.4, -0.2) is 18.4 Å². The van der Waals surface area contributed by atoms with Crippen molar-refractivity contribution >= 4 is 27.7 Å². The molecule has 0 spiro atoms. The highest BCUT2D eigenvalue weighted by atomic mass is 79.9. The van der Waals surface area contributed by atoms with E-state index in [4.69, 9.17) is 4.74 Å². The Morgan fingerprint density at radius 1 is 1.09 bits per heavy atom. The molecule has 2 rings (SSSR count). The third kappa shape index (κ3) is 4.89. The van der Waals surface area contributed by atoms with E-state index in [1.165, 1.54) is 0 Å². The van der Waals surface area contributed by atoms with Crippen LogP contribution < -0.4 is 15.6 Å². The first-order chi connectivity index (χ1) is 10.5. The van der Waals surface area contributed by atoms with E-state index in [2.05, 4.69) is 26.8 Å². The Kier molecular flexibility index (Phi) is 5.55. The fraction of sp³-hybridized carbons (Fsp3) is 0.125. The van der Waals surface area contributed by atoms with E-state index < -0.39 is 5.91 Å². The Balaban J connectivity index is 1.78. The van der Waals surface area contributed by atoms with Crippen molar-refractivity contribution in [1.82, 2.24) is 10.9 Å². The zero-order valence-electron chi connectivity index (χ0n) is 11.9. The van der Waals surface area contributed by atoms with Crippen LogP contribution in [0.4, 0.5) is 0 Å². The molecule has 2 aromatic carbocycles. The molecule has 2 N–H and O–H groups in total. The van der Waals surface area contributed by atoms with Crippen LogP contribution in [0.5, 0.6) is 5.75 Å². The quantitative estimate of drug-likeness (QED) is 0.821. The normalized spacial score (nSPS) is 9.91. The van der Waals surface area contributed by atoms with Crippen molar-refractivity contribution in [1.29, 1.82) is 0 Å². The van der Waals surface area contributed by atoms with E-state index in [1.54, 1.807) is 30.3 Å². The Morgan fingerprint density at radius 2 is 1.82 bits per heavy atom. The molecular formula is C16H15BrN2O3. The van der Waals surface area contributed by atoms with Crippen LogP contribution in [0.25, 0.3) is 0 Å². The predicted molar refractivity (Wildman–Crippen MR) is 86.4 cm³/mol. The van der Waals surface area contributed by atoms with Gasteiger partial charge in [0.05, 0.1) is 0 Å². The standard InChI is InChI=1S/C16H15BrN2O3/c1-11-3-2-4-12(9-11)16(21)19-18-15(20)10-22-14-7-5-13(17)6-8-14/h2-9H,10H2,1H3,(H,18,20)(H,19,21). The lowest BCUT2D eigenvalue weighted by molar-refractivity contribution is -0.123. The van der Waals surface area contributed by atoms with Gasteiger partial charge in [0.25, 0.3) is 11.8 Å². The molecule has 0 aliphatic carbocycles. The lowest BCUT2D eigenvalue weighted by Gasteiger charge is -2.09. The van der Waals surface area contributed by atoms with Gasteiger partial charge in [0, 0.05) is 10.0 Å². The molecule has 5 nitrogen and oxygen atoms in total. The van der Waals surface area contributed by atoms with Gasteiger partial charge in [-0.15, -0.1) is 0 Å². The number of benzene rings is 2. The van der Waals surface area contributed by atoms with Crippen molar-refractivity contribution in [3.8, 4) is 5.75 Å². The van der Waals surface area contributed by atoms with E-state index >= 15 is 0 Å². The molecule has 0 atom stereocenters. The SMILES string of the molecule is Cc1cccc(C(=O)NNC(=O)COc2ccc(Br)cc2)c1. The second-order valence-corrected chi connectivity index (χ2v) is 5.53. The molecule has 114 valence electrons. The molecular weight excluding hydrogens is 348 g/mol. The number of halogens is 1. The first-order valence-electron chi connectivity index (χ1n) is 6.59. The van der Waals surface area contributed by atoms with Gasteiger partial charge in [0.2, 0.25) is 0 Å². The fourth-order valence-corrected chi connectivity index (χ4v) is 1.97. The lowest BCUT2D eigenvalue weighted by atomic mass is 10.1. The van der Waals surface area contributed by atoms with E-state index in [0.717, 1.165) is 10.0 Å². The van der Waals surface area contributed by atoms with Crippen LogP contribution in [0.3, 0.4) is 0 Å². The van der Waals surface area contributed by atoms with Gasteiger partial charge in [-0.05, 0) is 43.3 Å². The number of hydrogen-bond donors (Lipinski definition) is 2. The zero-order chi connectivity index (χ0) is 15.9. The lowest BCUT2D eigenvalue weighted by Crippen LogP contribution is -2.43. The van der Waals surface area contributed by atoms with Crippen molar-refractivity contribution in [2.24, 2.45) is 0 Å². The van der Waals surface area contributed by atoms with Gasteiger partial charge < -0.3 is 4.74 Å². The molecule has 0 saturated carbocycles. The summed E-state index contributed by atoms with van der Waals surface area (Å²) in [5, 5.41) is 0. The van der Waals surface area contributed by atoms with Crippen molar-refractivity contribution in [3.63, 3.8) is 0 Å². The molecule has 0 aromatic heterocycles. The Labute approximate surface area is 136 Å². The van der Waals surface area contributed by atoms with Crippen molar-refractivity contribution < 1.29 is 14.3 Å². The molecule has 2 amide bonds. The van der Waals surface area contributed by atoms with E-state index in [0.29, 0.717) is 11.3 Å². The largest absolute Gasteiger partial charge is 0.484 e. The van der Waals surface area contributed by atoms with Crippen LogP contribution in [0.1, 0.15) is 15.9 Å². The Morgan fingerprint density at radius 3 is 2.50 bits per heavy atom. The molecule has 0 bridgehead atoms. The number of carbonyl (C=O) groups excluding carboxylic acids is 2. The molecule has 0 fully saturated rings. The first kappa shape index (κ1) is 16.0. The van der Waals surface area contributed by atoms with Crippen LogP contribution in [0.15, 0.2) is 53.0 Å². The monoisotopic (exact) mass is 362 g/mol. The predicted octanol–water partition coefficient (Wildman–Crippen LogP) is 2.60. The average molecular weight is 363 g/mol. The third-order valence-electron chi connectivity index (χ3n) is 2.78. The summed E-state index contributed by atoms with van der Waals surface area (Å²) in [6.07, 6.45) is 0. The smallest absolute Gasteiger partial charge is 0.276 e. The molecule has 0 radical (unpaired) electrons. The van der Waals surface area contributed by atoms with E-state index in [-0.39, 0.29) is 12.5 Å². The molecule has 6 heteroatoms. The maximum absolute atomic E-state index is 11.8. The van der Waals surface area contributed by atoms with Gasteiger partial charge in [-0.1, -0.05) is 33.6 Å². The number of carbonyl (C=O) groups is 2. The average Bonchev–Trinajstić information content (AvgIpc) is 2.52. The van der Waals surface area contributed by atoms with Crippen LogP contribution in [0, 0.1) is 6.92 Å². The number of ether oxygens (including phenoxy) is 1. The Hall–Kier alpha value is -2.34. The van der Waals surface area contributed by atoms with E-state index in [1.807, 2.05) is 25.1 Å². The summed E-state index contributed by atoms with van der Waals surface area (Å²) in [5.74, 6) is -0.243. The summed E-state index contributed by atoms with van der Waals surface area (Å²) < 4.78 is 6.22. The van der Waals surface area contributed by atoms with Gasteiger partial charge in [-0.25, -0.2) is 0 Å². The van der Waals surface area contributed by atoms with Crippen LogP contribution in [0.2, 0.25) is 0 Å². The van der Waals surface area contributed by atoms with Crippen molar-refractivity contribution in [2.45, 2.75) is 6.92 Å². The topological polar surface area (TPSA) is 67.4 Å². The van der Waals surface area contributed by atoms with Gasteiger partial charge in [0.15, 0.2) is 6.61 Å². The van der Waals surface area contributed by atoms with Gasteiger partial charge >= 0.3 is 0 Å². The summed E-state index contributed by atoms with van der Waals surface area (Å²) in [7, 11) is 0. The van der Waals surface area contributed by atoms with Crippen molar-refractivity contribution in [3.05, 3.63) is 64.1 Å². The molecule has 0 unspecified atom stereocenters. The van der Waals surface area contributed by atoms with E-state index in [9.17, 15) is 9.59 Å².